The second-order valence-corrected chi connectivity index (χ2v) is 9.89. The first-order valence-corrected chi connectivity index (χ1v) is 10.1. The van der Waals surface area contributed by atoms with Gasteiger partial charge in [0.05, 0.1) is 23.9 Å². The molecule has 0 heterocycles. The number of carbonyl (C=O) groups excluding carboxylic acids is 1. The Bertz CT molecular complexity index is 657. The molecule has 0 spiro atoms. The molecule has 3 fully saturated rings. The lowest BCUT2D eigenvalue weighted by Crippen LogP contribution is -2.61. The van der Waals surface area contributed by atoms with Crippen LogP contribution in [-0.4, -0.2) is 50.1 Å². The molecular formula is C21H32O5. The van der Waals surface area contributed by atoms with Crippen LogP contribution in [-0.2, 0) is 4.79 Å². The summed E-state index contributed by atoms with van der Waals surface area (Å²) >= 11 is 0. The average Bonchev–Trinajstić information content (AvgIpc) is 2.83. The van der Waals surface area contributed by atoms with Gasteiger partial charge in [-0.25, -0.2) is 0 Å². The Morgan fingerprint density at radius 2 is 1.81 bits per heavy atom. The molecule has 146 valence electrons. The van der Waals surface area contributed by atoms with Crippen LogP contribution in [0.2, 0.25) is 0 Å². The maximum atomic E-state index is 13.0. The van der Waals surface area contributed by atoms with Crippen molar-refractivity contribution in [3.8, 4) is 0 Å². The first-order valence-electron chi connectivity index (χ1n) is 10.1. The summed E-state index contributed by atoms with van der Waals surface area (Å²) < 4.78 is 0. The topological polar surface area (TPSA) is 98.0 Å². The highest BCUT2D eigenvalue weighted by molar-refractivity contribution is 5.95. The molecular weight excluding hydrogens is 332 g/mol. The summed E-state index contributed by atoms with van der Waals surface area (Å²) in [6.07, 6.45) is 3.15. The molecule has 4 aliphatic rings. The molecule has 1 unspecified atom stereocenters. The Kier molecular flexibility index (Phi) is 4.03. The molecule has 0 aromatic heterocycles. The van der Waals surface area contributed by atoms with E-state index in [0.29, 0.717) is 19.3 Å². The highest BCUT2D eigenvalue weighted by Crippen LogP contribution is 2.67. The van der Waals surface area contributed by atoms with E-state index >= 15 is 0 Å². The van der Waals surface area contributed by atoms with Gasteiger partial charge in [0.15, 0.2) is 5.78 Å². The zero-order valence-electron chi connectivity index (χ0n) is 16.0. The van der Waals surface area contributed by atoms with E-state index in [1.165, 1.54) is 0 Å². The standard InChI is InChI=1S/C21H32O5/c1-11(22)12-5-7-21(26)14-8-16(23)15-9-17(24)18(25)10-19(15,2)13(14)4-6-20(12,21)3/h8,11-13,15,17-18,22,24-26H,4-7,9-10H2,1-3H3/t11-,12+,13?,15-,17+,18-,19+,20+,21+/m0/s1. The van der Waals surface area contributed by atoms with Crippen molar-refractivity contribution in [3.05, 3.63) is 11.6 Å². The van der Waals surface area contributed by atoms with Crippen LogP contribution in [0.4, 0.5) is 0 Å². The van der Waals surface area contributed by atoms with Crippen molar-refractivity contribution in [1.29, 1.82) is 0 Å². The number of hydrogen-bond donors (Lipinski definition) is 4. The summed E-state index contributed by atoms with van der Waals surface area (Å²) in [5, 5.41) is 42.4. The Balaban J connectivity index is 1.79. The molecule has 3 saturated carbocycles. The summed E-state index contributed by atoms with van der Waals surface area (Å²) in [6.45, 7) is 5.91. The molecule has 4 rings (SSSR count). The van der Waals surface area contributed by atoms with Crippen LogP contribution in [0.3, 0.4) is 0 Å². The van der Waals surface area contributed by atoms with Gasteiger partial charge in [-0.2, -0.15) is 0 Å². The van der Waals surface area contributed by atoms with Crippen molar-refractivity contribution in [1.82, 2.24) is 0 Å². The van der Waals surface area contributed by atoms with Crippen LogP contribution in [0.25, 0.3) is 0 Å². The highest BCUT2D eigenvalue weighted by atomic mass is 16.3. The minimum Gasteiger partial charge on any atom is -0.393 e. The number of fused-ring (bicyclic) bond motifs is 5. The minimum atomic E-state index is -1.07. The van der Waals surface area contributed by atoms with Gasteiger partial charge in [-0.15, -0.1) is 0 Å². The number of ketones is 1. The Labute approximate surface area is 155 Å². The third-order valence-electron chi connectivity index (χ3n) is 8.77. The number of carbonyl (C=O) groups is 1. The number of hydrogen-bond acceptors (Lipinski definition) is 5. The van der Waals surface area contributed by atoms with E-state index in [0.717, 1.165) is 24.8 Å². The summed E-state index contributed by atoms with van der Waals surface area (Å²) in [5.74, 6) is -0.258. The molecule has 0 saturated heterocycles. The van der Waals surface area contributed by atoms with E-state index in [-0.39, 0.29) is 23.5 Å². The van der Waals surface area contributed by atoms with E-state index in [2.05, 4.69) is 13.8 Å². The SMILES string of the molecule is C[C@H](O)[C@H]1CC[C@@]2(O)C3=CC(=O)[C@@H]4C[C@@H](O)[C@@H](O)C[C@]4(C)C3CC[C@]12C. The molecule has 0 aliphatic heterocycles. The lowest BCUT2D eigenvalue weighted by Gasteiger charge is -2.60. The molecule has 9 atom stereocenters. The van der Waals surface area contributed by atoms with Gasteiger partial charge in [-0.05, 0) is 74.3 Å². The Hall–Kier alpha value is -0.750. The first-order chi connectivity index (χ1) is 12.0. The van der Waals surface area contributed by atoms with Crippen molar-refractivity contribution in [2.24, 2.45) is 28.6 Å². The quantitative estimate of drug-likeness (QED) is 0.566. The summed E-state index contributed by atoms with van der Waals surface area (Å²) in [5.41, 5.74) is -1.11. The largest absolute Gasteiger partial charge is 0.393 e. The van der Waals surface area contributed by atoms with Crippen molar-refractivity contribution >= 4 is 5.78 Å². The molecule has 0 aromatic carbocycles. The van der Waals surface area contributed by atoms with Gasteiger partial charge in [0.25, 0.3) is 0 Å². The maximum Gasteiger partial charge on any atom is 0.159 e. The average molecular weight is 364 g/mol. The van der Waals surface area contributed by atoms with Crippen LogP contribution < -0.4 is 0 Å². The first kappa shape index (κ1) is 18.6. The number of aliphatic hydroxyl groups excluding tert-OH is 3. The lowest BCUT2D eigenvalue weighted by molar-refractivity contribution is -0.154. The zero-order chi connectivity index (χ0) is 19.1. The highest BCUT2D eigenvalue weighted by Gasteiger charge is 2.66. The fraction of sp³-hybridized carbons (Fsp3) is 0.857. The van der Waals surface area contributed by atoms with Crippen molar-refractivity contribution in [2.75, 3.05) is 0 Å². The summed E-state index contributed by atoms with van der Waals surface area (Å²) in [4.78, 5) is 13.0. The minimum absolute atomic E-state index is 0.0220. The second kappa shape index (κ2) is 5.63. The molecule has 4 aliphatic carbocycles. The van der Waals surface area contributed by atoms with E-state index < -0.39 is 34.7 Å². The monoisotopic (exact) mass is 364 g/mol. The van der Waals surface area contributed by atoms with Crippen molar-refractivity contribution in [3.63, 3.8) is 0 Å². The van der Waals surface area contributed by atoms with E-state index in [9.17, 15) is 25.2 Å². The van der Waals surface area contributed by atoms with E-state index in [1.807, 2.05) is 0 Å². The number of aliphatic hydroxyl groups is 4. The van der Waals surface area contributed by atoms with Crippen LogP contribution in [0.15, 0.2) is 11.6 Å². The number of rotatable bonds is 1. The van der Waals surface area contributed by atoms with Gasteiger partial charge in [-0.1, -0.05) is 13.8 Å². The molecule has 0 radical (unpaired) electrons. The predicted octanol–water partition coefficient (Wildman–Crippen LogP) is 1.57. The van der Waals surface area contributed by atoms with Gasteiger partial charge < -0.3 is 20.4 Å². The van der Waals surface area contributed by atoms with Crippen LogP contribution in [0.5, 0.6) is 0 Å². The van der Waals surface area contributed by atoms with Crippen molar-refractivity contribution < 1.29 is 25.2 Å². The molecule has 26 heavy (non-hydrogen) atoms. The Morgan fingerprint density at radius 3 is 2.46 bits per heavy atom. The summed E-state index contributed by atoms with van der Waals surface area (Å²) in [7, 11) is 0. The zero-order valence-corrected chi connectivity index (χ0v) is 16.0. The molecule has 0 bridgehead atoms. The number of allylic oxidation sites excluding steroid dienone is 1. The normalized spacial score (nSPS) is 54.8. The Morgan fingerprint density at radius 1 is 1.12 bits per heavy atom. The predicted molar refractivity (Wildman–Crippen MR) is 96.1 cm³/mol. The van der Waals surface area contributed by atoms with Gasteiger partial charge in [0.2, 0.25) is 0 Å². The van der Waals surface area contributed by atoms with Gasteiger partial charge in [0.1, 0.15) is 0 Å². The fourth-order valence-electron chi connectivity index (χ4n) is 7.18. The molecule has 0 aromatic rings. The smallest absolute Gasteiger partial charge is 0.159 e. The molecule has 5 heteroatoms. The maximum absolute atomic E-state index is 13.0. The third kappa shape index (κ3) is 2.15. The third-order valence-corrected chi connectivity index (χ3v) is 8.77. The molecule has 0 amide bonds. The van der Waals surface area contributed by atoms with Crippen LogP contribution in [0, 0.1) is 28.6 Å². The van der Waals surface area contributed by atoms with Gasteiger partial charge >= 0.3 is 0 Å². The lowest BCUT2D eigenvalue weighted by atomic mass is 9.46. The van der Waals surface area contributed by atoms with Gasteiger partial charge in [-0.3, -0.25) is 4.79 Å². The molecule has 4 N–H and O–H groups in total. The summed E-state index contributed by atoms with van der Waals surface area (Å²) in [6, 6.07) is 0. The van der Waals surface area contributed by atoms with Gasteiger partial charge in [0, 0.05) is 11.3 Å². The molecule has 5 nitrogen and oxygen atoms in total. The van der Waals surface area contributed by atoms with Crippen LogP contribution >= 0.6 is 0 Å². The van der Waals surface area contributed by atoms with Crippen molar-refractivity contribution in [2.45, 2.75) is 83.2 Å². The van der Waals surface area contributed by atoms with E-state index in [1.54, 1.807) is 13.0 Å². The van der Waals surface area contributed by atoms with E-state index in [4.69, 9.17) is 0 Å². The van der Waals surface area contributed by atoms with Crippen LogP contribution in [0.1, 0.15) is 59.3 Å². The fourth-order valence-corrected chi connectivity index (χ4v) is 7.18. The second-order valence-electron chi connectivity index (χ2n) is 9.89.